The van der Waals surface area contributed by atoms with E-state index < -0.39 is 30.0 Å². The largest absolute Gasteiger partial charge is 0.480 e. The van der Waals surface area contributed by atoms with Gasteiger partial charge < -0.3 is 20.0 Å². The van der Waals surface area contributed by atoms with Gasteiger partial charge in [0.05, 0.1) is 6.54 Å². The molecule has 1 rings (SSSR count). The first-order valence-corrected chi connectivity index (χ1v) is 7.96. The lowest BCUT2D eigenvalue weighted by molar-refractivity contribution is -0.195. The van der Waals surface area contributed by atoms with E-state index in [9.17, 15) is 24.3 Å². The van der Waals surface area contributed by atoms with Crippen LogP contribution in [0.25, 0.3) is 0 Å². The van der Waals surface area contributed by atoms with Gasteiger partial charge in [0.1, 0.15) is 12.6 Å². The first-order chi connectivity index (χ1) is 12.3. The van der Waals surface area contributed by atoms with Crippen molar-refractivity contribution in [1.29, 1.82) is 0 Å². The fourth-order valence-corrected chi connectivity index (χ4v) is 2.03. The molecule has 0 fully saturated rings. The molecule has 142 valence electrons. The number of nitrogens with zero attached hydrogens (tertiary/aromatic N) is 1. The Balaban J connectivity index is 2.45. The van der Waals surface area contributed by atoms with Gasteiger partial charge in [0.15, 0.2) is 0 Å². The molecular weight excluding hydrogens is 344 g/mol. The zero-order valence-electron chi connectivity index (χ0n) is 14.6. The molecule has 2 amide bonds. The third-order valence-electron chi connectivity index (χ3n) is 3.25. The highest BCUT2D eigenvalue weighted by Gasteiger charge is 2.21. The molecule has 0 saturated heterocycles. The first kappa shape index (κ1) is 20.9. The Bertz CT molecular complexity index is 633. The Morgan fingerprint density at radius 1 is 1.15 bits per heavy atom. The van der Waals surface area contributed by atoms with E-state index in [1.807, 2.05) is 6.07 Å². The van der Waals surface area contributed by atoms with Crippen LogP contribution in [0.5, 0.6) is 0 Å². The van der Waals surface area contributed by atoms with Crippen molar-refractivity contribution >= 4 is 23.9 Å². The Kier molecular flexibility index (Phi) is 8.62. The van der Waals surface area contributed by atoms with Crippen LogP contribution in [0, 0.1) is 0 Å². The minimum atomic E-state index is -1.23. The van der Waals surface area contributed by atoms with E-state index in [0.29, 0.717) is 0 Å². The predicted molar refractivity (Wildman–Crippen MR) is 89.6 cm³/mol. The molecule has 9 heteroatoms. The van der Waals surface area contributed by atoms with E-state index in [0.717, 1.165) is 17.6 Å². The van der Waals surface area contributed by atoms with E-state index in [-0.39, 0.29) is 26.0 Å². The van der Waals surface area contributed by atoms with Crippen molar-refractivity contribution in [1.82, 2.24) is 10.4 Å². The van der Waals surface area contributed by atoms with Gasteiger partial charge in [-0.3, -0.25) is 9.59 Å². The van der Waals surface area contributed by atoms with Gasteiger partial charge >= 0.3 is 18.0 Å². The minimum Gasteiger partial charge on any atom is -0.480 e. The number of carbonyl (C=O) groups is 4. The van der Waals surface area contributed by atoms with Gasteiger partial charge in [-0.25, -0.2) is 9.59 Å². The number of carboxylic acid groups (broad SMARTS) is 1. The molecule has 1 aromatic carbocycles. The molecular formula is C17H22N2O7. The van der Waals surface area contributed by atoms with Crippen LogP contribution in [0.2, 0.25) is 0 Å². The number of aliphatic carboxylic acids is 1. The molecule has 2 N–H and O–H groups in total. The molecule has 1 aromatic rings. The quantitative estimate of drug-likeness (QED) is 0.668. The predicted octanol–water partition coefficient (Wildman–Crippen LogP) is 1.47. The molecule has 0 bridgehead atoms. The highest BCUT2D eigenvalue weighted by Crippen LogP contribution is 2.05. The zero-order chi connectivity index (χ0) is 19.5. The second-order valence-electron chi connectivity index (χ2n) is 5.44. The normalized spacial score (nSPS) is 11.2. The lowest BCUT2D eigenvalue weighted by Crippen LogP contribution is -2.41. The number of hydrogen-bond donors (Lipinski definition) is 2. The number of nitrogens with one attached hydrogen (secondary N) is 1. The molecule has 0 saturated carbocycles. The van der Waals surface area contributed by atoms with Gasteiger partial charge in [-0.15, -0.1) is 0 Å². The van der Waals surface area contributed by atoms with Gasteiger partial charge in [0, 0.05) is 13.8 Å². The van der Waals surface area contributed by atoms with E-state index in [2.05, 4.69) is 5.32 Å². The van der Waals surface area contributed by atoms with Gasteiger partial charge in [-0.05, 0) is 18.4 Å². The van der Waals surface area contributed by atoms with Gasteiger partial charge in [0.2, 0.25) is 0 Å². The van der Waals surface area contributed by atoms with Crippen LogP contribution in [0.1, 0.15) is 32.3 Å². The van der Waals surface area contributed by atoms with Crippen molar-refractivity contribution in [3.8, 4) is 0 Å². The second kappa shape index (κ2) is 10.7. The summed E-state index contributed by atoms with van der Waals surface area (Å²) in [6, 6.07) is 7.76. The molecule has 0 aliphatic rings. The Morgan fingerprint density at radius 3 is 2.35 bits per heavy atom. The van der Waals surface area contributed by atoms with E-state index in [1.165, 1.54) is 6.92 Å². The van der Waals surface area contributed by atoms with Crippen molar-refractivity contribution < 1.29 is 33.9 Å². The fourth-order valence-electron chi connectivity index (χ4n) is 2.03. The Labute approximate surface area is 150 Å². The number of carbonyl (C=O) groups excluding carboxylic acids is 3. The van der Waals surface area contributed by atoms with Gasteiger partial charge in [0.25, 0.3) is 5.91 Å². The molecule has 0 heterocycles. The number of ether oxygens (including phenoxy) is 1. The number of hydroxylamine groups is 2. The van der Waals surface area contributed by atoms with Crippen LogP contribution in [0.4, 0.5) is 4.79 Å². The topological polar surface area (TPSA) is 122 Å². The molecule has 0 aliphatic heterocycles. The molecule has 0 spiro atoms. The summed E-state index contributed by atoms with van der Waals surface area (Å²) in [5.41, 5.74) is 0.771. The van der Waals surface area contributed by atoms with E-state index in [4.69, 9.17) is 9.57 Å². The molecule has 0 aromatic heterocycles. The smallest absolute Gasteiger partial charge is 0.408 e. The molecule has 0 radical (unpaired) electrons. The standard InChI is InChI=1S/C17H22N2O7/c1-12(20)19(26-13(2)21)10-6-9-15(16(22)23)18-17(24)25-11-14-7-4-3-5-8-14/h3-5,7-8,15H,6,9-11H2,1-2H3,(H,18,24)(H,22,23)/t15-/m0/s1. The van der Waals surface area contributed by atoms with Crippen molar-refractivity contribution in [3.05, 3.63) is 35.9 Å². The summed E-state index contributed by atoms with van der Waals surface area (Å²) in [5.74, 6) is -2.37. The molecule has 0 aliphatic carbocycles. The summed E-state index contributed by atoms with van der Waals surface area (Å²) >= 11 is 0. The minimum absolute atomic E-state index is 0.0133. The maximum absolute atomic E-state index is 11.8. The maximum Gasteiger partial charge on any atom is 0.408 e. The molecule has 26 heavy (non-hydrogen) atoms. The number of amides is 2. The number of hydrogen-bond acceptors (Lipinski definition) is 6. The summed E-state index contributed by atoms with van der Waals surface area (Å²) in [6.45, 7) is 2.40. The fraction of sp³-hybridized carbons (Fsp3) is 0.412. The monoisotopic (exact) mass is 366 g/mol. The highest BCUT2D eigenvalue weighted by molar-refractivity contribution is 5.79. The van der Waals surface area contributed by atoms with E-state index >= 15 is 0 Å². The average Bonchev–Trinajstić information content (AvgIpc) is 2.58. The zero-order valence-corrected chi connectivity index (χ0v) is 14.6. The second-order valence-corrected chi connectivity index (χ2v) is 5.44. The van der Waals surface area contributed by atoms with Crippen molar-refractivity contribution in [2.45, 2.75) is 39.3 Å². The van der Waals surface area contributed by atoms with Crippen LogP contribution in [0.15, 0.2) is 30.3 Å². The summed E-state index contributed by atoms with van der Waals surface area (Å²) < 4.78 is 4.98. The van der Waals surface area contributed by atoms with Crippen molar-refractivity contribution in [3.63, 3.8) is 0 Å². The van der Waals surface area contributed by atoms with Crippen molar-refractivity contribution in [2.24, 2.45) is 0 Å². The summed E-state index contributed by atoms with van der Waals surface area (Å²) in [7, 11) is 0. The van der Waals surface area contributed by atoms with Crippen LogP contribution in [0.3, 0.4) is 0 Å². The highest BCUT2D eigenvalue weighted by atomic mass is 16.7. The number of alkyl carbamates (subject to hydrolysis) is 1. The average molecular weight is 366 g/mol. The lowest BCUT2D eigenvalue weighted by Gasteiger charge is -2.20. The number of carboxylic acids is 1. The van der Waals surface area contributed by atoms with Crippen LogP contribution in [-0.4, -0.2) is 46.7 Å². The van der Waals surface area contributed by atoms with Crippen LogP contribution in [-0.2, 0) is 30.6 Å². The summed E-state index contributed by atoms with van der Waals surface area (Å²) in [6.07, 6.45) is -0.631. The maximum atomic E-state index is 11.8. The first-order valence-electron chi connectivity index (χ1n) is 7.96. The van der Waals surface area contributed by atoms with Crippen molar-refractivity contribution in [2.75, 3.05) is 6.54 Å². The molecule has 0 unspecified atom stereocenters. The van der Waals surface area contributed by atoms with Crippen LogP contribution < -0.4 is 5.32 Å². The van der Waals surface area contributed by atoms with Crippen LogP contribution >= 0.6 is 0 Å². The van der Waals surface area contributed by atoms with Gasteiger partial charge in [-0.1, -0.05) is 30.3 Å². The number of benzene rings is 1. The number of rotatable bonds is 8. The van der Waals surface area contributed by atoms with Gasteiger partial charge in [-0.2, -0.15) is 5.06 Å². The summed E-state index contributed by atoms with van der Waals surface area (Å²) in [4.78, 5) is 50.0. The van der Waals surface area contributed by atoms with E-state index in [1.54, 1.807) is 24.3 Å². The third-order valence-corrected chi connectivity index (χ3v) is 3.25. The Morgan fingerprint density at radius 2 is 1.81 bits per heavy atom. The lowest BCUT2D eigenvalue weighted by atomic mass is 10.1. The third kappa shape index (κ3) is 8.13. The summed E-state index contributed by atoms with van der Waals surface area (Å²) in [5, 5.41) is 12.3. The molecule has 1 atom stereocenters. The molecule has 9 nitrogen and oxygen atoms in total. The SMILES string of the molecule is CC(=O)ON(CCC[C@H](NC(=O)OCc1ccccc1)C(=O)O)C(C)=O. The Hall–Kier alpha value is -3.10.